The lowest BCUT2D eigenvalue weighted by Gasteiger charge is -2.16. The van der Waals surface area contributed by atoms with E-state index in [2.05, 4.69) is 15.5 Å². The fraction of sp³-hybridized carbons (Fsp3) is 0.286. The Balaban J connectivity index is 1.63. The molecule has 1 heterocycles. The van der Waals surface area contributed by atoms with Crippen molar-refractivity contribution >= 4 is 5.91 Å². The third-order valence-corrected chi connectivity index (χ3v) is 4.29. The molecule has 2 aromatic carbocycles. The second-order valence-corrected chi connectivity index (χ2v) is 6.26. The highest BCUT2D eigenvalue weighted by Crippen LogP contribution is 2.31. The normalized spacial score (nSPS) is 11.6. The maximum Gasteiger partial charge on any atom is 0.261 e. The Morgan fingerprint density at radius 3 is 2.53 bits per heavy atom. The molecule has 3 rings (SSSR count). The molecule has 1 N–H and O–H groups in total. The standard InChI is InChI=1S/C21H22FN3O5/c1-4-17(29-14-7-5-13(22)6-8-14)21(26)23-12-19-24-20(25-30-19)16-10-9-15(27-2)11-18(16)28-3/h5-11,17H,4,12H2,1-3H3,(H,23,26)/t17-/m0/s1. The van der Waals surface area contributed by atoms with Crippen molar-refractivity contribution in [3.63, 3.8) is 0 Å². The van der Waals surface area contributed by atoms with Crippen molar-refractivity contribution in [1.29, 1.82) is 0 Å². The Morgan fingerprint density at radius 2 is 1.87 bits per heavy atom. The van der Waals surface area contributed by atoms with Gasteiger partial charge in [-0.15, -0.1) is 0 Å². The van der Waals surface area contributed by atoms with Gasteiger partial charge in [-0.1, -0.05) is 12.1 Å². The van der Waals surface area contributed by atoms with Crippen LogP contribution in [0.3, 0.4) is 0 Å². The predicted molar refractivity (Wildman–Crippen MR) is 106 cm³/mol. The summed E-state index contributed by atoms with van der Waals surface area (Å²) < 4.78 is 34.4. The summed E-state index contributed by atoms with van der Waals surface area (Å²) in [7, 11) is 3.10. The topological polar surface area (TPSA) is 95.7 Å². The average molecular weight is 415 g/mol. The molecule has 0 radical (unpaired) electrons. The quantitative estimate of drug-likeness (QED) is 0.572. The molecule has 9 heteroatoms. The van der Waals surface area contributed by atoms with E-state index in [4.69, 9.17) is 18.7 Å². The lowest BCUT2D eigenvalue weighted by Crippen LogP contribution is -2.37. The van der Waals surface area contributed by atoms with Gasteiger partial charge in [0.1, 0.15) is 23.1 Å². The molecule has 158 valence electrons. The Morgan fingerprint density at radius 1 is 1.13 bits per heavy atom. The Bertz CT molecular complexity index is 991. The summed E-state index contributed by atoms with van der Waals surface area (Å²) >= 11 is 0. The van der Waals surface area contributed by atoms with Crippen molar-refractivity contribution in [2.45, 2.75) is 26.0 Å². The minimum Gasteiger partial charge on any atom is -0.497 e. The summed E-state index contributed by atoms with van der Waals surface area (Å²) in [6, 6.07) is 10.7. The number of hydrogen-bond donors (Lipinski definition) is 1. The predicted octanol–water partition coefficient (Wildman–Crippen LogP) is 3.37. The molecule has 1 aromatic heterocycles. The fourth-order valence-corrected chi connectivity index (χ4v) is 2.70. The van der Waals surface area contributed by atoms with Crippen molar-refractivity contribution in [2.24, 2.45) is 0 Å². The SMILES string of the molecule is CC[C@H](Oc1ccc(F)cc1)C(=O)NCc1nc(-c2ccc(OC)cc2OC)no1. The van der Waals surface area contributed by atoms with Crippen LogP contribution in [0.1, 0.15) is 19.2 Å². The summed E-state index contributed by atoms with van der Waals surface area (Å²) in [6.07, 6.45) is -0.305. The van der Waals surface area contributed by atoms with Crippen molar-refractivity contribution in [2.75, 3.05) is 14.2 Å². The van der Waals surface area contributed by atoms with E-state index < -0.39 is 6.10 Å². The van der Waals surface area contributed by atoms with Gasteiger partial charge in [-0.2, -0.15) is 4.98 Å². The molecule has 0 aliphatic rings. The number of rotatable bonds is 9. The molecule has 0 unspecified atom stereocenters. The van der Waals surface area contributed by atoms with Gasteiger partial charge in [0.15, 0.2) is 6.10 Å². The first-order chi connectivity index (χ1) is 14.5. The van der Waals surface area contributed by atoms with Crippen LogP contribution in [-0.2, 0) is 11.3 Å². The number of aromatic nitrogens is 2. The summed E-state index contributed by atoms with van der Waals surface area (Å²) in [5.41, 5.74) is 0.630. The van der Waals surface area contributed by atoms with Gasteiger partial charge < -0.3 is 24.1 Å². The number of halogens is 1. The number of amides is 1. The first-order valence-corrected chi connectivity index (χ1v) is 9.29. The average Bonchev–Trinajstić information content (AvgIpc) is 3.25. The van der Waals surface area contributed by atoms with Gasteiger partial charge in [0, 0.05) is 6.07 Å². The Hall–Kier alpha value is -3.62. The van der Waals surface area contributed by atoms with E-state index in [1.807, 2.05) is 6.92 Å². The van der Waals surface area contributed by atoms with Crippen molar-refractivity contribution in [3.05, 3.63) is 54.2 Å². The van der Waals surface area contributed by atoms with E-state index in [1.165, 1.54) is 31.4 Å². The van der Waals surface area contributed by atoms with Gasteiger partial charge in [-0.05, 0) is 42.8 Å². The van der Waals surface area contributed by atoms with E-state index in [0.717, 1.165) is 0 Å². The maximum atomic E-state index is 13.0. The molecule has 3 aromatic rings. The molecule has 0 saturated carbocycles. The number of carbonyl (C=O) groups is 1. The summed E-state index contributed by atoms with van der Waals surface area (Å²) in [5, 5.41) is 6.65. The van der Waals surface area contributed by atoms with Crippen molar-refractivity contribution < 1.29 is 27.9 Å². The monoisotopic (exact) mass is 415 g/mol. The third-order valence-electron chi connectivity index (χ3n) is 4.29. The van der Waals surface area contributed by atoms with E-state index in [-0.39, 0.29) is 24.2 Å². The number of hydrogen-bond acceptors (Lipinski definition) is 7. The van der Waals surface area contributed by atoms with Crippen LogP contribution in [0.4, 0.5) is 4.39 Å². The zero-order chi connectivity index (χ0) is 21.5. The van der Waals surface area contributed by atoms with Gasteiger partial charge in [0.25, 0.3) is 5.91 Å². The molecule has 0 saturated heterocycles. The molecular formula is C21H22FN3O5. The lowest BCUT2D eigenvalue weighted by atomic mass is 10.2. The highest BCUT2D eigenvalue weighted by Gasteiger charge is 2.20. The number of nitrogens with zero attached hydrogens (tertiary/aromatic N) is 2. The van der Waals surface area contributed by atoms with Gasteiger partial charge >= 0.3 is 0 Å². The minimum atomic E-state index is -0.737. The van der Waals surface area contributed by atoms with Gasteiger partial charge in [0.05, 0.1) is 26.3 Å². The maximum absolute atomic E-state index is 13.0. The lowest BCUT2D eigenvalue weighted by molar-refractivity contribution is -0.128. The highest BCUT2D eigenvalue weighted by molar-refractivity contribution is 5.81. The molecule has 0 fully saturated rings. The Kier molecular flexibility index (Phi) is 6.84. The molecule has 1 amide bonds. The van der Waals surface area contributed by atoms with Crippen LogP contribution in [0.2, 0.25) is 0 Å². The summed E-state index contributed by atoms with van der Waals surface area (Å²) in [4.78, 5) is 16.7. The Labute approximate surface area is 173 Å². The second kappa shape index (κ2) is 9.73. The van der Waals surface area contributed by atoms with Gasteiger partial charge in [-0.25, -0.2) is 4.39 Å². The number of carbonyl (C=O) groups excluding carboxylic acids is 1. The zero-order valence-electron chi connectivity index (χ0n) is 16.8. The second-order valence-electron chi connectivity index (χ2n) is 6.26. The smallest absolute Gasteiger partial charge is 0.261 e. The highest BCUT2D eigenvalue weighted by atomic mass is 19.1. The first kappa shape index (κ1) is 21.1. The molecule has 0 aliphatic heterocycles. The molecule has 8 nitrogen and oxygen atoms in total. The summed E-state index contributed by atoms with van der Waals surface area (Å²) in [5.74, 6) is 1.42. The van der Waals surface area contributed by atoms with Crippen LogP contribution in [0.5, 0.6) is 17.2 Å². The minimum absolute atomic E-state index is 0.0353. The van der Waals surface area contributed by atoms with Crippen LogP contribution in [0.25, 0.3) is 11.4 Å². The molecule has 0 bridgehead atoms. The van der Waals surface area contributed by atoms with Gasteiger partial charge in [0.2, 0.25) is 11.7 Å². The van der Waals surface area contributed by atoms with E-state index in [9.17, 15) is 9.18 Å². The summed E-state index contributed by atoms with van der Waals surface area (Å²) in [6.45, 7) is 1.85. The van der Waals surface area contributed by atoms with Crippen molar-refractivity contribution in [3.8, 4) is 28.6 Å². The van der Waals surface area contributed by atoms with E-state index in [0.29, 0.717) is 35.1 Å². The largest absolute Gasteiger partial charge is 0.497 e. The number of methoxy groups -OCH3 is 2. The molecule has 1 atom stereocenters. The molecule has 30 heavy (non-hydrogen) atoms. The van der Waals surface area contributed by atoms with Crippen LogP contribution < -0.4 is 19.5 Å². The van der Waals surface area contributed by atoms with Crippen LogP contribution in [-0.4, -0.2) is 36.4 Å². The number of nitrogens with one attached hydrogen (secondary N) is 1. The molecular weight excluding hydrogens is 393 g/mol. The first-order valence-electron chi connectivity index (χ1n) is 9.29. The van der Waals surface area contributed by atoms with Crippen LogP contribution >= 0.6 is 0 Å². The van der Waals surface area contributed by atoms with E-state index in [1.54, 1.807) is 25.3 Å². The third kappa shape index (κ3) is 5.05. The van der Waals surface area contributed by atoms with Crippen molar-refractivity contribution in [1.82, 2.24) is 15.5 Å². The van der Waals surface area contributed by atoms with Crippen LogP contribution in [0.15, 0.2) is 47.0 Å². The fourth-order valence-electron chi connectivity index (χ4n) is 2.70. The molecule has 0 aliphatic carbocycles. The number of ether oxygens (including phenoxy) is 3. The molecule has 0 spiro atoms. The van der Waals surface area contributed by atoms with Gasteiger partial charge in [-0.3, -0.25) is 4.79 Å². The van der Waals surface area contributed by atoms with E-state index >= 15 is 0 Å². The zero-order valence-corrected chi connectivity index (χ0v) is 16.8. The number of benzene rings is 2. The van der Waals surface area contributed by atoms with Crippen LogP contribution in [0, 0.1) is 5.82 Å².